The maximum absolute atomic E-state index is 9.61. The minimum Gasteiger partial charge on any atom is -0.389 e. The molecule has 3 atom stereocenters. The Morgan fingerprint density at radius 2 is 2.00 bits per heavy atom. The van der Waals surface area contributed by atoms with E-state index in [4.69, 9.17) is 0 Å². The van der Waals surface area contributed by atoms with Gasteiger partial charge in [0.25, 0.3) is 0 Å². The van der Waals surface area contributed by atoms with Gasteiger partial charge in [-0.3, -0.25) is 0 Å². The highest BCUT2D eigenvalue weighted by Gasteiger charge is 2.32. The van der Waals surface area contributed by atoms with Crippen LogP contribution in [0.2, 0.25) is 0 Å². The Kier molecular flexibility index (Phi) is 3.77. The summed E-state index contributed by atoms with van der Waals surface area (Å²) < 4.78 is 0. The molecule has 4 N–H and O–H groups in total. The molecule has 0 amide bonds. The molecule has 0 aromatic heterocycles. The van der Waals surface area contributed by atoms with E-state index in [0.717, 1.165) is 18.7 Å². The third-order valence-corrected chi connectivity index (χ3v) is 2.95. The second kappa shape index (κ2) is 5.30. The topological polar surface area (TPSA) is 64.5 Å². The molecule has 0 saturated carbocycles. The molecule has 0 radical (unpaired) electrons. The lowest BCUT2D eigenvalue weighted by Crippen LogP contribution is -2.34. The second-order valence-electron chi connectivity index (χ2n) is 4.15. The summed E-state index contributed by atoms with van der Waals surface area (Å²) in [7, 11) is 0. The van der Waals surface area contributed by atoms with Gasteiger partial charge in [-0.15, -0.1) is 0 Å². The zero-order valence-corrected chi connectivity index (χ0v) is 9.13. The van der Waals surface area contributed by atoms with Crippen molar-refractivity contribution in [2.75, 3.05) is 18.4 Å². The molecule has 0 aliphatic carbocycles. The molecule has 1 aromatic carbocycles. The second-order valence-corrected chi connectivity index (χ2v) is 4.15. The number of rotatable bonds is 4. The molecule has 1 fully saturated rings. The van der Waals surface area contributed by atoms with Crippen LogP contribution in [0.25, 0.3) is 0 Å². The van der Waals surface area contributed by atoms with E-state index in [-0.39, 0.29) is 6.04 Å². The van der Waals surface area contributed by atoms with Crippen LogP contribution in [0.15, 0.2) is 30.3 Å². The summed E-state index contributed by atoms with van der Waals surface area (Å²) in [6.07, 6.45) is -0.466. The number of hydrogen-bond acceptors (Lipinski definition) is 4. The average Bonchev–Trinajstić information content (AvgIpc) is 2.62. The molecule has 1 aliphatic rings. The molecule has 1 heterocycles. The molecule has 1 aromatic rings. The molecule has 4 heteroatoms. The number of aliphatic hydroxyl groups is 2. The van der Waals surface area contributed by atoms with Gasteiger partial charge in [-0.05, 0) is 18.6 Å². The highest BCUT2D eigenvalue weighted by atomic mass is 16.3. The van der Waals surface area contributed by atoms with Gasteiger partial charge >= 0.3 is 0 Å². The summed E-state index contributed by atoms with van der Waals surface area (Å²) in [4.78, 5) is 0. The fraction of sp³-hybridized carbons (Fsp3) is 0.500. The molecule has 16 heavy (non-hydrogen) atoms. The zero-order chi connectivity index (χ0) is 11.4. The molecular formula is C12H18N2O2. The van der Waals surface area contributed by atoms with Crippen molar-refractivity contribution in [3.63, 3.8) is 0 Å². The standard InChI is InChI=1S/C12H18N2O2/c15-11-8-14-10(12(11)16)6-7-13-9-4-2-1-3-5-9/h1-5,10-16H,6-8H2/t10-,11+,12-/m0/s1. The Hall–Kier alpha value is -1.10. The van der Waals surface area contributed by atoms with Gasteiger partial charge in [-0.2, -0.15) is 0 Å². The van der Waals surface area contributed by atoms with Crippen LogP contribution in [0.5, 0.6) is 0 Å². The number of hydrogen-bond donors (Lipinski definition) is 4. The fourth-order valence-corrected chi connectivity index (χ4v) is 1.98. The van der Waals surface area contributed by atoms with Gasteiger partial charge < -0.3 is 20.8 Å². The maximum atomic E-state index is 9.61. The van der Waals surface area contributed by atoms with Crippen molar-refractivity contribution in [1.82, 2.24) is 5.32 Å². The average molecular weight is 222 g/mol. The van der Waals surface area contributed by atoms with Crippen LogP contribution < -0.4 is 10.6 Å². The lowest BCUT2D eigenvalue weighted by Gasteiger charge is -2.16. The molecule has 88 valence electrons. The predicted molar refractivity (Wildman–Crippen MR) is 63.4 cm³/mol. The van der Waals surface area contributed by atoms with Crippen molar-refractivity contribution in [3.8, 4) is 0 Å². The minimum atomic E-state index is -0.641. The first kappa shape index (κ1) is 11.4. The van der Waals surface area contributed by atoms with Crippen LogP contribution >= 0.6 is 0 Å². The molecule has 1 aliphatic heterocycles. The quantitative estimate of drug-likeness (QED) is 0.587. The Balaban J connectivity index is 1.73. The predicted octanol–water partition coefficient (Wildman–Crippen LogP) is 0.182. The van der Waals surface area contributed by atoms with Crippen molar-refractivity contribution in [3.05, 3.63) is 30.3 Å². The van der Waals surface area contributed by atoms with Gasteiger partial charge in [0.15, 0.2) is 0 Å². The van der Waals surface area contributed by atoms with Gasteiger partial charge in [-0.25, -0.2) is 0 Å². The van der Waals surface area contributed by atoms with Crippen molar-refractivity contribution < 1.29 is 10.2 Å². The van der Waals surface area contributed by atoms with Gasteiger partial charge in [0, 0.05) is 24.8 Å². The highest BCUT2D eigenvalue weighted by molar-refractivity contribution is 5.42. The lowest BCUT2D eigenvalue weighted by atomic mass is 10.1. The Morgan fingerprint density at radius 1 is 1.25 bits per heavy atom. The SMILES string of the molecule is O[C@@H]1[C@H](O)CN[C@H]1CCNc1ccccc1. The summed E-state index contributed by atoms with van der Waals surface area (Å²) in [6, 6.07) is 9.94. The molecule has 1 saturated heterocycles. The number of nitrogens with one attached hydrogen (secondary N) is 2. The first-order valence-electron chi connectivity index (χ1n) is 5.66. The third-order valence-electron chi connectivity index (χ3n) is 2.95. The van der Waals surface area contributed by atoms with Crippen LogP contribution in [0.3, 0.4) is 0 Å². The molecule has 0 bridgehead atoms. The lowest BCUT2D eigenvalue weighted by molar-refractivity contribution is 0.0399. The van der Waals surface area contributed by atoms with Crippen molar-refractivity contribution in [1.29, 1.82) is 0 Å². The molecular weight excluding hydrogens is 204 g/mol. The van der Waals surface area contributed by atoms with Crippen molar-refractivity contribution in [2.45, 2.75) is 24.7 Å². The van der Waals surface area contributed by atoms with Crippen LogP contribution in [-0.4, -0.2) is 41.6 Å². The first-order chi connectivity index (χ1) is 7.77. The monoisotopic (exact) mass is 222 g/mol. The first-order valence-corrected chi connectivity index (χ1v) is 5.66. The van der Waals surface area contributed by atoms with E-state index in [2.05, 4.69) is 10.6 Å². The van der Waals surface area contributed by atoms with E-state index in [1.165, 1.54) is 0 Å². The number of anilines is 1. The number of aliphatic hydroxyl groups excluding tert-OH is 2. The van der Waals surface area contributed by atoms with Gasteiger partial charge in [0.2, 0.25) is 0 Å². The van der Waals surface area contributed by atoms with E-state index >= 15 is 0 Å². The van der Waals surface area contributed by atoms with E-state index in [1.807, 2.05) is 30.3 Å². The largest absolute Gasteiger partial charge is 0.389 e. The van der Waals surface area contributed by atoms with Gasteiger partial charge in [-0.1, -0.05) is 18.2 Å². The Morgan fingerprint density at radius 3 is 2.62 bits per heavy atom. The fourth-order valence-electron chi connectivity index (χ4n) is 1.98. The smallest absolute Gasteiger partial charge is 0.0964 e. The summed E-state index contributed by atoms with van der Waals surface area (Å²) >= 11 is 0. The normalized spacial score (nSPS) is 29.2. The van der Waals surface area contributed by atoms with E-state index in [9.17, 15) is 10.2 Å². The van der Waals surface area contributed by atoms with Crippen LogP contribution in [0, 0.1) is 0 Å². The summed E-state index contributed by atoms with van der Waals surface area (Å²) in [5, 5.41) is 25.3. The minimum absolute atomic E-state index is 0.00814. The highest BCUT2D eigenvalue weighted by Crippen LogP contribution is 2.12. The maximum Gasteiger partial charge on any atom is 0.0964 e. The van der Waals surface area contributed by atoms with Gasteiger partial charge in [0.05, 0.1) is 12.2 Å². The molecule has 4 nitrogen and oxygen atoms in total. The van der Waals surface area contributed by atoms with Crippen molar-refractivity contribution >= 4 is 5.69 Å². The summed E-state index contributed by atoms with van der Waals surface area (Å²) in [5.41, 5.74) is 1.08. The van der Waals surface area contributed by atoms with Gasteiger partial charge in [0.1, 0.15) is 0 Å². The molecule has 0 spiro atoms. The Labute approximate surface area is 95.3 Å². The molecule has 2 rings (SSSR count). The van der Waals surface area contributed by atoms with E-state index in [1.54, 1.807) is 0 Å². The molecule has 0 unspecified atom stereocenters. The van der Waals surface area contributed by atoms with E-state index < -0.39 is 12.2 Å². The van der Waals surface area contributed by atoms with Crippen LogP contribution in [0.4, 0.5) is 5.69 Å². The van der Waals surface area contributed by atoms with E-state index in [0.29, 0.717) is 6.54 Å². The zero-order valence-electron chi connectivity index (χ0n) is 9.13. The third kappa shape index (κ3) is 2.72. The number of benzene rings is 1. The van der Waals surface area contributed by atoms with Crippen LogP contribution in [-0.2, 0) is 0 Å². The number of para-hydroxylation sites is 1. The van der Waals surface area contributed by atoms with Crippen LogP contribution in [0.1, 0.15) is 6.42 Å². The number of β-amino-alcohol motifs (C(OH)–C–C–N with tert-alkyl or cyclic N) is 1. The van der Waals surface area contributed by atoms with Crippen molar-refractivity contribution in [2.24, 2.45) is 0 Å². The Bertz CT molecular complexity index is 318. The summed E-state index contributed by atoms with van der Waals surface area (Å²) in [5.74, 6) is 0. The summed E-state index contributed by atoms with van der Waals surface area (Å²) in [6.45, 7) is 1.27.